The molecular weight excluding hydrogens is 273 g/mol. The van der Waals surface area contributed by atoms with Gasteiger partial charge >= 0.3 is 0 Å². The van der Waals surface area contributed by atoms with Gasteiger partial charge in [0.1, 0.15) is 5.69 Å². The summed E-state index contributed by atoms with van der Waals surface area (Å²) in [5.41, 5.74) is 0.610. The van der Waals surface area contributed by atoms with Gasteiger partial charge in [-0.15, -0.1) is 5.10 Å². The lowest BCUT2D eigenvalue weighted by atomic mass is 10.3. The van der Waals surface area contributed by atoms with Gasteiger partial charge in [-0.2, -0.15) is 4.68 Å². The summed E-state index contributed by atoms with van der Waals surface area (Å²) < 4.78 is 1.56. The minimum Gasteiger partial charge on any atom is -0.310 e. The van der Waals surface area contributed by atoms with E-state index in [1.165, 1.54) is 0 Å². The standard InChI is InChI=1S/C11H13Cl2N5/c1-2-6-14-7-10-15-16-17-18(10)11-8(12)4-3-5-9(11)13/h3-5,14H,2,6-7H2,1H3. The summed E-state index contributed by atoms with van der Waals surface area (Å²) in [6.07, 6.45) is 1.05. The SMILES string of the molecule is CCCNCc1nnnn1-c1c(Cl)cccc1Cl. The number of nitrogens with zero attached hydrogens (tertiary/aromatic N) is 4. The number of benzene rings is 1. The molecule has 0 amide bonds. The van der Waals surface area contributed by atoms with Crippen LogP contribution < -0.4 is 5.32 Å². The molecule has 0 bridgehead atoms. The van der Waals surface area contributed by atoms with E-state index >= 15 is 0 Å². The van der Waals surface area contributed by atoms with E-state index in [0.717, 1.165) is 13.0 Å². The topological polar surface area (TPSA) is 55.6 Å². The monoisotopic (exact) mass is 285 g/mol. The van der Waals surface area contributed by atoms with E-state index in [1.807, 2.05) is 0 Å². The van der Waals surface area contributed by atoms with Crippen LogP contribution in [-0.2, 0) is 6.54 Å². The summed E-state index contributed by atoms with van der Waals surface area (Å²) in [6, 6.07) is 5.30. The van der Waals surface area contributed by atoms with Gasteiger partial charge < -0.3 is 5.32 Å². The summed E-state index contributed by atoms with van der Waals surface area (Å²) in [5.74, 6) is 0.679. The number of para-hydroxylation sites is 1. The van der Waals surface area contributed by atoms with Gasteiger partial charge in [-0.3, -0.25) is 0 Å². The van der Waals surface area contributed by atoms with Crippen molar-refractivity contribution in [2.45, 2.75) is 19.9 Å². The molecule has 0 aliphatic heterocycles. The highest BCUT2D eigenvalue weighted by molar-refractivity contribution is 6.37. The van der Waals surface area contributed by atoms with E-state index in [4.69, 9.17) is 23.2 Å². The van der Waals surface area contributed by atoms with Gasteiger partial charge in [0.2, 0.25) is 0 Å². The maximum atomic E-state index is 6.13. The fourth-order valence-corrected chi connectivity index (χ4v) is 2.12. The first-order valence-electron chi connectivity index (χ1n) is 5.66. The molecule has 1 aromatic heterocycles. The van der Waals surface area contributed by atoms with Gasteiger partial charge in [-0.05, 0) is 35.5 Å². The lowest BCUT2D eigenvalue weighted by Crippen LogP contribution is -2.18. The van der Waals surface area contributed by atoms with Crippen molar-refractivity contribution in [3.63, 3.8) is 0 Å². The smallest absolute Gasteiger partial charge is 0.170 e. The number of rotatable bonds is 5. The Morgan fingerprint density at radius 1 is 1.28 bits per heavy atom. The van der Waals surface area contributed by atoms with Crippen LogP contribution in [0.15, 0.2) is 18.2 Å². The molecule has 1 aromatic carbocycles. The fourth-order valence-electron chi connectivity index (χ4n) is 1.56. The van der Waals surface area contributed by atoms with Crippen LogP contribution in [0.25, 0.3) is 5.69 Å². The Morgan fingerprint density at radius 2 is 2.00 bits per heavy atom. The molecule has 0 radical (unpaired) electrons. The van der Waals surface area contributed by atoms with Gasteiger partial charge in [0.15, 0.2) is 5.82 Å². The molecule has 0 aliphatic carbocycles. The molecule has 0 unspecified atom stereocenters. The van der Waals surface area contributed by atoms with Crippen molar-refractivity contribution in [2.24, 2.45) is 0 Å². The van der Waals surface area contributed by atoms with Crippen LogP contribution in [0.4, 0.5) is 0 Å². The van der Waals surface area contributed by atoms with Crippen molar-refractivity contribution >= 4 is 23.2 Å². The zero-order valence-corrected chi connectivity index (χ0v) is 11.4. The van der Waals surface area contributed by atoms with Crippen LogP contribution in [-0.4, -0.2) is 26.8 Å². The first-order chi connectivity index (χ1) is 8.74. The Labute approximate surface area is 115 Å². The van der Waals surface area contributed by atoms with E-state index in [-0.39, 0.29) is 0 Å². The minimum atomic E-state index is 0.520. The number of tetrazole rings is 1. The maximum Gasteiger partial charge on any atom is 0.170 e. The Morgan fingerprint density at radius 3 is 2.67 bits per heavy atom. The van der Waals surface area contributed by atoms with E-state index in [2.05, 4.69) is 27.8 Å². The highest BCUT2D eigenvalue weighted by atomic mass is 35.5. The molecule has 0 spiro atoms. The average Bonchev–Trinajstić information content (AvgIpc) is 2.78. The van der Waals surface area contributed by atoms with Gasteiger partial charge in [0.05, 0.1) is 16.6 Å². The first kappa shape index (κ1) is 13.3. The fraction of sp³-hybridized carbons (Fsp3) is 0.364. The molecule has 5 nitrogen and oxygen atoms in total. The zero-order valence-electron chi connectivity index (χ0n) is 9.90. The summed E-state index contributed by atoms with van der Waals surface area (Å²) in [6.45, 7) is 3.58. The molecule has 2 aromatic rings. The van der Waals surface area contributed by atoms with Gasteiger partial charge in [-0.25, -0.2) is 0 Å². The van der Waals surface area contributed by atoms with Crippen molar-refractivity contribution in [1.82, 2.24) is 25.5 Å². The van der Waals surface area contributed by atoms with Crippen molar-refractivity contribution in [3.8, 4) is 5.69 Å². The Kier molecular flexibility index (Phi) is 4.52. The molecule has 96 valence electrons. The first-order valence-corrected chi connectivity index (χ1v) is 6.42. The van der Waals surface area contributed by atoms with Crippen LogP contribution in [0.1, 0.15) is 19.2 Å². The Bertz CT molecular complexity index is 506. The molecule has 2 rings (SSSR count). The molecule has 7 heteroatoms. The number of hydrogen-bond donors (Lipinski definition) is 1. The third-order valence-electron chi connectivity index (χ3n) is 2.39. The Balaban J connectivity index is 2.31. The molecule has 1 heterocycles. The third kappa shape index (κ3) is 2.80. The predicted molar refractivity (Wildman–Crippen MR) is 71.2 cm³/mol. The van der Waals surface area contributed by atoms with E-state index < -0.39 is 0 Å². The maximum absolute atomic E-state index is 6.13. The second kappa shape index (κ2) is 6.13. The lowest BCUT2D eigenvalue weighted by Gasteiger charge is -2.08. The van der Waals surface area contributed by atoms with Gasteiger partial charge in [0, 0.05) is 0 Å². The summed E-state index contributed by atoms with van der Waals surface area (Å²) in [4.78, 5) is 0. The van der Waals surface area contributed by atoms with Crippen LogP contribution in [0.3, 0.4) is 0 Å². The van der Waals surface area contributed by atoms with Gasteiger partial charge in [-0.1, -0.05) is 36.2 Å². The van der Waals surface area contributed by atoms with Crippen LogP contribution >= 0.6 is 23.2 Å². The Hall–Kier alpha value is -1.17. The van der Waals surface area contributed by atoms with E-state index in [1.54, 1.807) is 22.9 Å². The predicted octanol–water partition coefficient (Wildman–Crippen LogP) is 2.47. The average molecular weight is 286 g/mol. The number of hydrogen-bond acceptors (Lipinski definition) is 4. The van der Waals surface area contributed by atoms with Crippen LogP contribution in [0.2, 0.25) is 10.0 Å². The molecule has 18 heavy (non-hydrogen) atoms. The van der Waals surface area contributed by atoms with E-state index in [9.17, 15) is 0 Å². The normalized spacial score (nSPS) is 10.8. The molecule has 0 saturated heterocycles. The molecule has 0 saturated carbocycles. The largest absolute Gasteiger partial charge is 0.310 e. The van der Waals surface area contributed by atoms with Crippen molar-refractivity contribution in [2.75, 3.05) is 6.54 Å². The van der Waals surface area contributed by atoms with E-state index in [0.29, 0.717) is 28.1 Å². The van der Waals surface area contributed by atoms with Crippen molar-refractivity contribution in [1.29, 1.82) is 0 Å². The number of nitrogens with one attached hydrogen (secondary N) is 1. The van der Waals surface area contributed by atoms with Crippen LogP contribution in [0.5, 0.6) is 0 Å². The van der Waals surface area contributed by atoms with Crippen LogP contribution in [0, 0.1) is 0 Å². The number of aromatic nitrogens is 4. The van der Waals surface area contributed by atoms with Gasteiger partial charge in [0.25, 0.3) is 0 Å². The summed E-state index contributed by atoms with van der Waals surface area (Å²) >= 11 is 12.3. The highest BCUT2D eigenvalue weighted by Gasteiger charge is 2.14. The number of halogens is 2. The second-order valence-corrected chi connectivity index (χ2v) is 4.57. The minimum absolute atomic E-state index is 0.520. The highest BCUT2D eigenvalue weighted by Crippen LogP contribution is 2.27. The molecule has 1 N–H and O–H groups in total. The molecule has 0 fully saturated rings. The summed E-state index contributed by atoms with van der Waals surface area (Å²) in [5, 5.41) is 15.8. The molecule has 0 atom stereocenters. The molecular formula is C11H13Cl2N5. The van der Waals surface area contributed by atoms with Crippen molar-refractivity contribution in [3.05, 3.63) is 34.1 Å². The second-order valence-electron chi connectivity index (χ2n) is 3.75. The third-order valence-corrected chi connectivity index (χ3v) is 3.00. The van der Waals surface area contributed by atoms with Crippen molar-refractivity contribution < 1.29 is 0 Å². The summed E-state index contributed by atoms with van der Waals surface area (Å²) in [7, 11) is 0. The zero-order chi connectivity index (χ0) is 13.0. The quantitative estimate of drug-likeness (QED) is 0.858. The molecule has 0 aliphatic rings. The lowest BCUT2D eigenvalue weighted by molar-refractivity contribution is 0.633.